The van der Waals surface area contributed by atoms with Crippen LogP contribution in [0.2, 0.25) is 0 Å². The number of aliphatic hydroxyl groups is 1. The highest BCUT2D eigenvalue weighted by Crippen LogP contribution is 2.22. The van der Waals surface area contributed by atoms with Gasteiger partial charge in [-0.1, -0.05) is 122 Å². The normalized spacial score (nSPS) is 26.7. The van der Waals surface area contributed by atoms with E-state index >= 15 is 4.79 Å². The molecular formula is C61H96N10O11. The lowest BCUT2D eigenvalue weighted by molar-refractivity contribution is -0.151. The maximum Gasteiger partial charge on any atom is 0.246 e. The Morgan fingerprint density at radius 2 is 0.854 bits per heavy atom. The van der Waals surface area contributed by atoms with Gasteiger partial charge in [0, 0.05) is 61.5 Å². The molecule has 1 saturated heterocycles. The molecule has 0 aromatic heterocycles. The molecule has 82 heavy (non-hydrogen) atoms. The van der Waals surface area contributed by atoms with Crippen LogP contribution in [-0.4, -0.2) is 202 Å². The van der Waals surface area contributed by atoms with E-state index in [4.69, 9.17) is 0 Å². The van der Waals surface area contributed by atoms with Crippen molar-refractivity contribution < 1.29 is 53.1 Å². The number of carbonyl (C=O) groups is 10. The Hall–Kier alpha value is -6.90. The molecule has 0 bridgehead atoms. The maximum absolute atomic E-state index is 15.2. The summed E-state index contributed by atoms with van der Waals surface area (Å²) in [7, 11) is 8.60. The van der Waals surface area contributed by atoms with Crippen LogP contribution in [0.25, 0.3) is 0 Å². The van der Waals surface area contributed by atoms with Crippen LogP contribution in [0.5, 0.6) is 0 Å². The summed E-state index contributed by atoms with van der Waals surface area (Å²) in [6.45, 7) is 20.4. The number of aliphatic hydroxyl groups excluding tert-OH is 1. The number of amides is 10. The number of likely N-dealkylation sites (N-methyl/N-ethyl adjacent to an activating group) is 6. The van der Waals surface area contributed by atoms with Gasteiger partial charge in [0.2, 0.25) is 59.1 Å². The second-order valence-electron chi connectivity index (χ2n) is 23.7. The second-order valence-corrected chi connectivity index (χ2v) is 23.7. The zero-order chi connectivity index (χ0) is 62.2. The molecule has 0 spiro atoms. The molecule has 3 rings (SSSR count). The summed E-state index contributed by atoms with van der Waals surface area (Å²) in [5.74, 6) is -7.74. The lowest BCUT2D eigenvalue weighted by atomic mass is 9.95. The molecule has 1 heterocycles. The average molecular weight is 1150 g/mol. The molecule has 21 nitrogen and oxygen atoms in total. The van der Waals surface area contributed by atoms with Gasteiger partial charge < -0.3 is 55.8 Å². The van der Waals surface area contributed by atoms with Crippen LogP contribution in [0.3, 0.4) is 0 Å². The number of nitrogens with one attached hydrogen (secondary N) is 4. The molecular weight excluding hydrogens is 1050 g/mol. The quantitative estimate of drug-likeness (QED) is 0.207. The molecule has 5 N–H and O–H groups in total. The van der Waals surface area contributed by atoms with Crippen LogP contribution in [0.15, 0.2) is 60.7 Å². The van der Waals surface area contributed by atoms with E-state index in [1.807, 2.05) is 52.8 Å². The van der Waals surface area contributed by atoms with Crippen LogP contribution in [0, 0.1) is 23.7 Å². The second kappa shape index (κ2) is 31.5. The van der Waals surface area contributed by atoms with Crippen LogP contribution in [0.4, 0.5) is 0 Å². The zero-order valence-corrected chi connectivity index (χ0v) is 51.9. The molecule has 2 aromatic rings. The van der Waals surface area contributed by atoms with E-state index in [1.165, 1.54) is 94.5 Å². The minimum absolute atomic E-state index is 0.00436. The van der Waals surface area contributed by atoms with E-state index in [9.17, 15) is 48.3 Å². The largest absolute Gasteiger partial charge is 0.391 e. The highest BCUT2D eigenvalue weighted by molar-refractivity contribution is 5.99. The van der Waals surface area contributed by atoms with Crippen molar-refractivity contribution in [1.29, 1.82) is 0 Å². The molecule has 0 unspecified atom stereocenters. The lowest BCUT2D eigenvalue weighted by Gasteiger charge is -2.38. The molecule has 456 valence electrons. The van der Waals surface area contributed by atoms with Gasteiger partial charge in [-0.25, -0.2) is 0 Å². The average Bonchev–Trinajstić information content (AvgIpc) is 3.53. The fourth-order valence-electron chi connectivity index (χ4n) is 9.91. The zero-order valence-electron chi connectivity index (χ0n) is 51.9. The molecule has 1 aliphatic rings. The van der Waals surface area contributed by atoms with Crippen molar-refractivity contribution in [3.63, 3.8) is 0 Å². The predicted octanol–water partition coefficient (Wildman–Crippen LogP) is 3.01. The van der Waals surface area contributed by atoms with E-state index in [0.29, 0.717) is 17.5 Å². The number of carbonyl (C=O) groups excluding carboxylic acids is 10. The minimum Gasteiger partial charge on any atom is -0.391 e. The van der Waals surface area contributed by atoms with Gasteiger partial charge in [-0.2, -0.15) is 0 Å². The molecule has 1 fully saturated rings. The first-order chi connectivity index (χ1) is 38.3. The first-order valence-electron chi connectivity index (χ1n) is 28.8. The van der Waals surface area contributed by atoms with Gasteiger partial charge in [-0.3, -0.25) is 47.9 Å². The standard InChI is InChI=1S/C61H96N10O11/c1-19-38(8)52-61(82)67(14)41(11)58(79)69(16)48(32-43-26-22-20-23-27-43)55(76)63-45(42(12)72)34-50(73)66(13)40(10)57(78)68(15)46(30-35(2)3)54(75)62-39(9)53(74)64-51(37(6)7)60(81)71(18)49(33-44-28-24-21-25-29-44)59(80)70(17)47(31-36(4)5)56(77)65-52/h20-29,35-42,45-49,51-52,72H,19,30-34H2,1-18H3,(H,62,75)(H,63,76)(H,64,74)(H,65,77)/t38-,39+,40-,41-,42+,45+,46+,47-,48-,49-,51+,52-/m0/s1. The first kappa shape index (κ1) is 69.4. The molecule has 0 radical (unpaired) electrons. The molecule has 12 atom stereocenters. The van der Waals surface area contributed by atoms with Crippen LogP contribution < -0.4 is 21.3 Å². The van der Waals surface area contributed by atoms with Crippen molar-refractivity contribution in [1.82, 2.24) is 50.7 Å². The topological polar surface area (TPSA) is 258 Å². The summed E-state index contributed by atoms with van der Waals surface area (Å²) in [6.07, 6.45) is -1.01. The van der Waals surface area contributed by atoms with Crippen LogP contribution in [-0.2, 0) is 60.8 Å². The summed E-state index contributed by atoms with van der Waals surface area (Å²) < 4.78 is 0. The Bertz CT molecular complexity index is 2510. The monoisotopic (exact) mass is 1140 g/mol. The Morgan fingerprint density at radius 3 is 1.30 bits per heavy atom. The van der Waals surface area contributed by atoms with E-state index in [0.717, 1.165) is 4.90 Å². The smallest absolute Gasteiger partial charge is 0.246 e. The predicted molar refractivity (Wildman–Crippen MR) is 314 cm³/mol. The number of benzene rings is 2. The lowest BCUT2D eigenvalue weighted by Crippen LogP contribution is -2.62. The molecule has 1 aliphatic heterocycles. The highest BCUT2D eigenvalue weighted by Gasteiger charge is 2.43. The van der Waals surface area contributed by atoms with Gasteiger partial charge >= 0.3 is 0 Å². The van der Waals surface area contributed by atoms with Crippen molar-refractivity contribution >= 4 is 59.1 Å². The molecule has 10 amide bonds. The summed E-state index contributed by atoms with van der Waals surface area (Å²) in [6, 6.07) is 6.00. The van der Waals surface area contributed by atoms with Crippen molar-refractivity contribution in [2.75, 3.05) is 42.3 Å². The van der Waals surface area contributed by atoms with Gasteiger partial charge in [0.25, 0.3) is 0 Å². The van der Waals surface area contributed by atoms with Crippen molar-refractivity contribution in [3.8, 4) is 0 Å². The van der Waals surface area contributed by atoms with E-state index in [1.54, 1.807) is 63.2 Å². The third-order valence-corrected chi connectivity index (χ3v) is 16.1. The van der Waals surface area contributed by atoms with Crippen molar-refractivity contribution in [2.24, 2.45) is 23.7 Å². The molecule has 2 aromatic carbocycles. The van der Waals surface area contributed by atoms with Gasteiger partial charge in [0.05, 0.1) is 12.1 Å². The Morgan fingerprint density at radius 1 is 0.463 bits per heavy atom. The van der Waals surface area contributed by atoms with Crippen molar-refractivity contribution in [2.45, 2.75) is 188 Å². The third kappa shape index (κ3) is 18.6. The first-order valence-corrected chi connectivity index (χ1v) is 28.8. The van der Waals surface area contributed by atoms with Crippen molar-refractivity contribution in [3.05, 3.63) is 71.8 Å². The number of nitrogens with zero attached hydrogens (tertiary/aromatic N) is 6. The molecule has 21 heteroatoms. The van der Waals surface area contributed by atoms with Gasteiger partial charge in [0.15, 0.2) is 0 Å². The van der Waals surface area contributed by atoms with Crippen LogP contribution in [0.1, 0.15) is 120 Å². The van der Waals surface area contributed by atoms with Gasteiger partial charge in [-0.05, 0) is 75.3 Å². The molecule has 0 aliphatic carbocycles. The number of hydrogen-bond donors (Lipinski definition) is 5. The Balaban J connectivity index is 2.28. The SMILES string of the molecule is CC[C@H](C)[C@@H]1NC(=O)[C@H](CC(C)C)N(C)C(=O)[C@H](Cc2ccccc2)N(C)C(=O)[C@@H](C(C)C)NC(=O)[C@@H](C)NC(=O)[C@@H](CC(C)C)N(C)C(=O)[C@H](C)N(C)C(=O)C[C@H]([C@@H](C)O)NC(=O)[C@H](Cc2ccccc2)N(C)C(=O)[C@H](C)N(C)C1=O. The summed E-state index contributed by atoms with van der Waals surface area (Å²) in [4.78, 5) is 153. The molecule has 0 saturated carbocycles. The maximum atomic E-state index is 15.2. The minimum atomic E-state index is -1.30. The number of hydrogen-bond acceptors (Lipinski definition) is 11. The summed E-state index contributed by atoms with van der Waals surface area (Å²) >= 11 is 0. The van der Waals surface area contributed by atoms with Gasteiger partial charge in [-0.15, -0.1) is 0 Å². The fourth-order valence-corrected chi connectivity index (χ4v) is 9.91. The highest BCUT2D eigenvalue weighted by atomic mass is 16.3. The number of rotatable bonds is 12. The Kier molecular flexibility index (Phi) is 26.7. The van der Waals surface area contributed by atoms with E-state index in [2.05, 4.69) is 21.3 Å². The summed E-state index contributed by atoms with van der Waals surface area (Å²) in [5, 5.41) is 22.3. The van der Waals surface area contributed by atoms with E-state index in [-0.39, 0.29) is 37.5 Å². The summed E-state index contributed by atoms with van der Waals surface area (Å²) in [5.41, 5.74) is 1.38. The van der Waals surface area contributed by atoms with E-state index < -0.39 is 144 Å². The third-order valence-electron chi connectivity index (χ3n) is 16.1. The van der Waals surface area contributed by atoms with Gasteiger partial charge in [0.1, 0.15) is 54.4 Å². The Labute approximate surface area is 487 Å². The fraction of sp³-hybridized carbons (Fsp3) is 0.639. The van der Waals surface area contributed by atoms with Crippen LogP contribution >= 0.6 is 0 Å².